The molecule has 1 amide bonds. The molecule has 0 saturated heterocycles. The Kier molecular flexibility index (Phi) is 6.17. The zero-order valence-corrected chi connectivity index (χ0v) is 20.1. The Morgan fingerprint density at radius 2 is 1.71 bits per heavy atom. The Labute approximate surface area is 208 Å². The lowest BCUT2D eigenvalue weighted by Gasteiger charge is -2.14. The number of hydrogen-bond donors (Lipinski definition) is 0. The molecule has 3 aromatic carbocycles. The van der Waals surface area contributed by atoms with Crippen molar-refractivity contribution in [3.05, 3.63) is 111 Å². The minimum Gasteiger partial charge on any atom is -0.267 e. The summed E-state index contributed by atoms with van der Waals surface area (Å²) >= 11 is 2.35. The van der Waals surface area contributed by atoms with Crippen LogP contribution in [0.15, 0.2) is 90.0 Å². The van der Waals surface area contributed by atoms with Gasteiger partial charge in [-0.1, -0.05) is 71.2 Å². The molecule has 0 bridgehead atoms. The molecule has 0 aliphatic rings. The van der Waals surface area contributed by atoms with Crippen LogP contribution in [0.25, 0.3) is 21.3 Å². The molecule has 0 N–H and O–H groups in total. The Bertz CT molecular complexity index is 1560. The van der Waals surface area contributed by atoms with Crippen molar-refractivity contribution < 1.29 is 9.72 Å². The molecule has 0 aliphatic carbocycles. The van der Waals surface area contributed by atoms with Gasteiger partial charge in [0.25, 0.3) is 5.91 Å². The van der Waals surface area contributed by atoms with Gasteiger partial charge in [0.1, 0.15) is 0 Å². The number of nitrogens with zero attached hydrogens (tertiary/aromatic N) is 4. The van der Waals surface area contributed by atoms with E-state index in [1.807, 2.05) is 67.6 Å². The Hall–Kier alpha value is -4.21. The van der Waals surface area contributed by atoms with Crippen molar-refractivity contribution in [2.24, 2.45) is 5.10 Å². The van der Waals surface area contributed by atoms with Crippen molar-refractivity contribution in [1.82, 2.24) is 4.98 Å². The first-order valence-electron chi connectivity index (χ1n) is 10.6. The van der Waals surface area contributed by atoms with Crippen LogP contribution in [-0.4, -0.2) is 22.0 Å². The van der Waals surface area contributed by atoms with Crippen LogP contribution in [0.1, 0.15) is 20.8 Å². The number of aryl methyl sites for hydroxylation is 1. The molecule has 35 heavy (non-hydrogen) atoms. The molecule has 172 valence electrons. The number of fused-ring (bicyclic) bond motifs is 1. The third-order valence-electron chi connectivity index (χ3n) is 5.24. The van der Waals surface area contributed by atoms with Crippen LogP contribution in [0.2, 0.25) is 0 Å². The average Bonchev–Trinajstić information content (AvgIpc) is 3.52. The second-order valence-electron chi connectivity index (χ2n) is 7.71. The van der Waals surface area contributed by atoms with Gasteiger partial charge in [-0.2, -0.15) is 10.1 Å². The van der Waals surface area contributed by atoms with Crippen LogP contribution in [0.4, 0.5) is 10.1 Å². The first-order valence-corrected chi connectivity index (χ1v) is 12.3. The van der Waals surface area contributed by atoms with Crippen LogP contribution >= 0.6 is 22.7 Å². The van der Waals surface area contributed by atoms with Crippen molar-refractivity contribution in [3.63, 3.8) is 0 Å². The molecule has 0 fully saturated rings. The van der Waals surface area contributed by atoms with Crippen molar-refractivity contribution in [2.75, 3.05) is 5.01 Å². The van der Waals surface area contributed by atoms with E-state index in [0.29, 0.717) is 15.6 Å². The van der Waals surface area contributed by atoms with Crippen molar-refractivity contribution in [3.8, 4) is 11.1 Å². The molecule has 5 rings (SSSR count). The number of thiophene rings is 1. The number of carbonyl (C=O) groups excluding carboxylic acids is 1. The van der Waals surface area contributed by atoms with Gasteiger partial charge in [-0.25, -0.2) is 4.98 Å². The molecule has 0 saturated carbocycles. The number of thiazole rings is 1. The van der Waals surface area contributed by atoms with E-state index >= 15 is 0 Å². The van der Waals surface area contributed by atoms with Gasteiger partial charge < -0.3 is 0 Å². The van der Waals surface area contributed by atoms with Gasteiger partial charge in [0.15, 0.2) is 0 Å². The van der Waals surface area contributed by atoms with Gasteiger partial charge in [-0.15, -0.1) is 0 Å². The maximum absolute atomic E-state index is 13.5. The highest BCUT2D eigenvalue weighted by Gasteiger charge is 2.21. The fourth-order valence-electron chi connectivity index (χ4n) is 3.48. The lowest BCUT2D eigenvalue weighted by Crippen LogP contribution is -2.25. The highest BCUT2D eigenvalue weighted by molar-refractivity contribution is 7.22. The third kappa shape index (κ3) is 4.86. The molecule has 9 heteroatoms. The highest BCUT2D eigenvalue weighted by atomic mass is 32.1. The smallest absolute Gasteiger partial charge is 0.267 e. The van der Waals surface area contributed by atoms with E-state index in [9.17, 15) is 14.9 Å². The van der Waals surface area contributed by atoms with E-state index in [2.05, 4.69) is 10.1 Å². The topological polar surface area (TPSA) is 88.7 Å². The van der Waals surface area contributed by atoms with Crippen LogP contribution in [-0.2, 0) is 0 Å². The van der Waals surface area contributed by atoms with Crippen LogP contribution in [0, 0.1) is 17.0 Å². The van der Waals surface area contributed by atoms with E-state index in [1.165, 1.54) is 28.6 Å². The molecule has 0 aliphatic heterocycles. The molecule has 5 aromatic rings. The first-order chi connectivity index (χ1) is 17.0. The molecule has 0 atom stereocenters. The summed E-state index contributed by atoms with van der Waals surface area (Å²) < 4.78 is 0.944. The van der Waals surface area contributed by atoms with E-state index in [0.717, 1.165) is 38.2 Å². The molecule has 0 unspecified atom stereocenters. The minimum atomic E-state index is -0.449. The normalized spacial score (nSPS) is 11.2. The molecular formula is C26H18N4O3S2. The van der Waals surface area contributed by atoms with E-state index in [-0.39, 0.29) is 10.9 Å². The summed E-state index contributed by atoms with van der Waals surface area (Å²) in [6, 6.07) is 26.1. The summed E-state index contributed by atoms with van der Waals surface area (Å²) in [5, 5.41) is 17.1. The highest BCUT2D eigenvalue weighted by Crippen LogP contribution is 2.31. The number of carbonyl (C=O) groups is 1. The maximum Gasteiger partial charge on any atom is 0.324 e. The van der Waals surface area contributed by atoms with Gasteiger partial charge in [0, 0.05) is 11.6 Å². The van der Waals surface area contributed by atoms with Gasteiger partial charge in [-0.05, 0) is 53.9 Å². The van der Waals surface area contributed by atoms with E-state index in [1.54, 1.807) is 18.2 Å². The Morgan fingerprint density at radius 3 is 2.43 bits per heavy atom. The van der Waals surface area contributed by atoms with Crippen LogP contribution in [0.3, 0.4) is 0 Å². The Balaban J connectivity index is 1.50. The lowest BCUT2D eigenvalue weighted by atomic mass is 10.0. The van der Waals surface area contributed by atoms with Gasteiger partial charge >= 0.3 is 5.00 Å². The number of hydrogen-bond acceptors (Lipinski definition) is 7. The summed E-state index contributed by atoms with van der Waals surface area (Å²) in [4.78, 5) is 29.3. The first kappa shape index (κ1) is 22.6. The van der Waals surface area contributed by atoms with Gasteiger partial charge in [0.2, 0.25) is 5.13 Å². The van der Waals surface area contributed by atoms with Gasteiger partial charge in [0.05, 0.1) is 26.2 Å². The largest absolute Gasteiger partial charge is 0.324 e. The summed E-state index contributed by atoms with van der Waals surface area (Å²) in [6.07, 6.45) is 1.45. The third-order valence-corrected chi connectivity index (χ3v) is 7.20. The molecular weight excluding hydrogens is 480 g/mol. The van der Waals surface area contributed by atoms with Crippen LogP contribution in [0.5, 0.6) is 0 Å². The summed E-state index contributed by atoms with van der Waals surface area (Å²) in [5.74, 6) is -0.345. The van der Waals surface area contributed by atoms with Crippen molar-refractivity contribution in [1.29, 1.82) is 0 Å². The SMILES string of the molecule is Cc1ccc2nc(N(/N=C/c3ccc([N+](=O)[O-])s3)C(=O)c3ccc(-c4ccccc4)cc3)sc2c1. The number of hydrazone groups is 1. The van der Waals surface area contributed by atoms with Crippen molar-refractivity contribution >= 4 is 55.1 Å². The molecule has 2 aromatic heterocycles. The van der Waals surface area contributed by atoms with E-state index < -0.39 is 4.92 Å². The predicted molar refractivity (Wildman–Crippen MR) is 142 cm³/mol. The number of anilines is 1. The lowest BCUT2D eigenvalue weighted by molar-refractivity contribution is -0.380. The zero-order chi connectivity index (χ0) is 24.4. The molecule has 2 heterocycles. The second kappa shape index (κ2) is 9.57. The minimum absolute atomic E-state index is 0.0105. The van der Waals surface area contributed by atoms with E-state index in [4.69, 9.17) is 0 Å². The number of amides is 1. The quantitative estimate of drug-likeness (QED) is 0.144. The zero-order valence-electron chi connectivity index (χ0n) is 18.5. The number of aromatic nitrogens is 1. The summed E-state index contributed by atoms with van der Waals surface area (Å²) in [6.45, 7) is 2.00. The van der Waals surface area contributed by atoms with Crippen molar-refractivity contribution in [2.45, 2.75) is 6.92 Å². The summed E-state index contributed by atoms with van der Waals surface area (Å²) in [5.41, 5.74) is 4.38. The fourth-order valence-corrected chi connectivity index (χ4v) is 5.19. The van der Waals surface area contributed by atoms with Crippen LogP contribution < -0.4 is 5.01 Å². The monoisotopic (exact) mass is 498 g/mol. The Morgan fingerprint density at radius 1 is 0.971 bits per heavy atom. The average molecular weight is 499 g/mol. The molecule has 0 spiro atoms. The van der Waals surface area contributed by atoms with Gasteiger partial charge in [-0.3, -0.25) is 14.9 Å². The number of nitro groups is 1. The second-order valence-corrected chi connectivity index (χ2v) is 9.81. The predicted octanol–water partition coefficient (Wildman–Crippen LogP) is 6.92. The standard InChI is InChI=1S/C26H18N4O3S2/c1-17-7-13-22-23(15-17)35-26(28-22)29(27-16-21-12-14-24(34-21)30(32)33)25(31)20-10-8-19(9-11-20)18-5-3-2-4-6-18/h2-16H,1H3/b27-16+. The summed E-state index contributed by atoms with van der Waals surface area (Å²) in [7, 11) is 0. The maximum atomic E-state index is 13.5. The molecule has 0 radical (unpaired) electrons. The number of rotatable bonds is 6. The fraction of sp³-hybridized carbons (Fsp3) is 0.0385. The number of benzene rings is 3. The molecule has 7 nitrogen and oxygen atoms in total.